The third-order valence-electron chi connectivity index (χ3n) is 3.84. The van der Waals surface area contributed by atoms with Gasteiger partial charge in [0.05, 0.1) is 19.6 Å². The molecular weight excluding hydrogens is 228 g/mol. The second-order valence-electron chi connectivity index (χ2n) is 4.71. The number of rotatable bonds is 1. The van der Waals surface area contributed by atoms with E-state index in [9.17, 15) is 15.0 Å². The van der Waals surface area contributed by atoms with Crippen LogP contribution in [0.25, 0.3) is 0 Å². The van der Waals surface area contributed by atoms with Crippen molar-refractivity contribution in [2.45, 2.75) is 18.2 Å². The van der Waals surface area contributed by atoms with Crippen LogP contribution in [0.1, 0.15) is 0 Å². The first-order chi connectivity index (χ1) is 8.07. The summed E-state index contributed by atoms with van der Waals surface area (Å²) in [6, 6.07) is 0. The molecule has 17 heavy (non-hydrogen) atoms. The molecule has 0 spiro atoms. The van der Waals surface area contributed by atoms with E-state index in [-0.39, 0.29) is 18.4 Å². The van der Waals surface area contributed by atoms with Crippen LogP contribution in [0.2, 0.25) is 0 Å². The molecular formula is C11H14O6. The van der Waals surface area contributed by atoms with Crippen molar-refractivity contribution in [1.29, 1.82) is 0 Å². The van der Waals surface area contributed by atoms with Crippen molar-refractivity contribution in [3.63, 3.8) is 0 Å². The summed E-state index contributed by atoms with van der Waals surface area (Å²) in [5.74, 6) is -2.02. The minimum atomic E-state index is -1.27. The lowest BCUT2D eigenvalue weighted by Crippen LogP contribution is -2.51. The number of ether oxygens (including phenoxy) is 3. The Morgan fingerprint density at radius 1 is 1.59 bits per heavy atom. The monoisotopic (exact) mass is 242 g/mol. The minimum absolute atomic E-state index is 0.121. The summed E-state index contributed by atoms with van der Waals surface area (Å²) in [6.45, 7) is 0.121. The molecule has 0 aromatic heterocycles. The van der Waals surface area contributed by atoms with Crippen LogP contribution in [0.4, 0.5) is 0 Å². The van der Waals surface area contributed by atoms with E-state index < -0.39 is 30.1 Å². The average molecular weight is 242 g/mol. The number of carbonyl (C=O) groups is 1. The fourth-order valence-corrected chi connectivity index (χ4v) is 3.01. The molecule has 1 aliphatic carbocycles. The van der Waals surface area contributed by atoms with E-state index in [1.165, 1.54) is 7.11 Å². The molecule has 2 aliphatic heterocycles. The van der Waals surface area contributed by atoms with Gasteiger partial charge in [-0.15, -0.1) is 0 Å². The molecule has 6 nitrogen and oxygen atoms in total. The van der Waals surface area contributed by atoms with Crippen LogP contribution in [-0.4, -0.2) is 48.1 Å². The van der Waals surface area contributed by atoms with Gasteiger partial charge in [0.15, 0.2) is 12.6 Å². The molecule has 2 fully saturated rings. The maximum atomic E-state index is 11.6. The molecule has 3 aliphatic rings. The smallest absolute Gasteiger partial charge is 0.314 e. The first-order valence-electron chi connectivity index (χ1n) is 5.51. The summed E-state index contributed by atoms with van der Waals surface area (Å²) in [7, 11) is 1.26. The molecule has 3 rings (SSSR count). The van der Waals surface area contributed by atoms with E-state index in [4.69, 9.17) is 9.47 Å². The van der Waals surface area contributed by atoms with Gasteiger partial charge in [0, 0.05) is 5.92 Å². The Labute approximate surface area is 97.8 Å². The second-order valence-corrected chi connectivity index (χ2v) is 4.71. The molecule has 0 saturated carbocycles. The van der Waals surface area contributed by atoms with Gasteiger partial charge in [-0.2, -0.15) is 0 Å². The number of aliphatic hydroxyl groups is 2. The molecule has 6 heteroatoms. The lowest BCUT2D eigenvalue weighted by atomic mass is 9.77. The fraction of sp³-hybridized carbons (Fsp3) is 0.727. The molecule has 6 atom stereocenters. The van der Waals surface area contributed by atoms with Crippen molar-refractivity contribution in [2.24, 2.45) is 17.8 Å². The van der Waals surface area contributed by atoms with E-state index >= 15 is 0 Å². The highest BCUT2D eigenvalue weighted by Gasteiger charge is 2.61. The molecule has 0 aromatic carbocycles. The molecule has 2 saturated heterocycles. The van der Waals surface area contributed by atoms with Gasteiger partial charge in [0.2, 0.25) is 0 Å². The third kappa shape index (κ3) is 1.38. The number of methoxy groups -OCH3 is 1. The largest absolute Gasteiger partial charge is 0.469 e. The van der Waals surface area contributed by atoms with Crippen molar-refractivity contribution in [2.75, 3.05) is 13.7 Å². The lowest BCUT2D eigenvalue weighted by molar-refractivity contribution is -0.280. The number of hydrogen-bond acceptors (Lipinski definition) is 6. The molecule has 94 valence electrons. The standard InChI is InChI=1S/C11H14O6/c1-15-8(12)6-5-2-3-11(14)4-16-10(7(5)11)17-9(6)13/h2-3,5-7,9-10,13-14H,4H2,1H3/t5-,6-,7-,9+,10-,11+/m1/s1. The highest BCUT2D eigenvalue weighted by molar-refractivity contribution is 5.74. The first-order valence-corrected chi connectivity index (χ1v) is 5.51. The number of carbonyl (C=O) groups excluding carboxylic acids is 1. The maximum absolute atomic E-state index is 11.6. The highest BCUT2D eigenvalue weighted by Crippen LogP contribution is 2.50. The van der Waals surface area contributed by atoms with Crippen molar-refractivity contribution in [3.05, 3.63) is 12.2 Å². The molecule has 2 heterocycles. The maximum Gasteiger partial charge on any atom is 0.314 e. The van der Waals surface area contributed by atoms with E-state index in [1.54, 1.807) is 12.2 Å². The van der Waals surface area contributed by atoms with E-state index in [1.807, 2.05) is 0 Å². The van der Waals surface area contributed by atoms with Crippen LogP contribution >= 0.6 is 0 Å². The Balaban J connectivity index is 1.95. The molecule has 0 radical (unpaired) electrons. The molecule has 0 amide bonds. The summed E-state index contributed by atoms with van der Waals surface area (Å²) in [5.41, 5.74) is -1.10. The predicted molar refractivity (Wildman–Crippen MR) is 53.4 cm³/mol. The van der Waals surface area contributed by atoms with Gasteiger partial charge in [-0.25, -0.2) is 0 Å². The van der Waals surface area contributed by atoms with Gasteiger partial charge < -0.3 is 24.4 Å². The van der Waals surface area contributed by atoms with Crippen LogP contribution in [0.3, 0.4) is 0 Å². The van der Waals surface area contributed by atoms with Crippen LogP contribution in [0.15, 0.2) is 12.2 Å². The second kappa shape index (κ2) is 3.52. The Bertz CT molecular complexity index is 380. The van der Waals surface area contributed by atoms with Gasteiger partial charge >= 0.3 is 5.97 Å². The Morgan fingerprint density at radius 3 is 3.06 bits per heavy atom. The zero-order chi connectivity index (χ0) is 12.2. The SMILES string of the molecule is COC(=O)[C@H]1[C@H]2C=C[C@]3(O)CO[C@H](O[C@@H]1O)[C@@H]23. The summed E-state index contributed by atoms with van der Waals surface area (Å²) in [5, 5.41) is 20.1. The zero-order valence-corrected chi connectivity index (χ0v) is 9.28. The Kier molecular flexibility index (Phi) is 2.31. The quantitative estimate of drug-likeness (QED) is 0.454. The van der Waals surface area contributed by atoms with Gasteiger partial charge in [0.1, 0.15) is 11.5 Å². The molecule has 0 unspecified atom stereocenters. The zero-order valence-electron chi connectivity index (χ0n) is 9.28. The fourth-order valence-electron chi connectivity index (χ4n) is 3.01. The predicted octanol–water partition coefficient (Wildman–Crippen LogP) is -0.986. The Hall–Kier alpha value is -0.950. The van der Waals surface area contributed by atoms with E-state index in [0.29, 0.717) is 0 Å². The van der Waals surface area contributed by atoms with Crippen molar-refractivity contribution in [1.82, 2.24) is 0 Å². The van der Waals surface area contributed by atoms with E-state index in [2.05, 4.69) is 4.74 Å². The van der Waals surface area contributed by atoms with Crippen molar-refractivity contribution >= 4 is 5.97 Å². The summed E-state index contributed by atoms with van der Waals surface area (Å²) in [6.07, 6.45) is 1.43. The van der Waals surface area contributed by atoms with Gasteiger partial charge in [-0.3, -0.25) is 4.79 Å². The van der Waals surface area contributed by atoms with Crippen LogP contribution in [0, 0.1) is 17.8 Å². The van der Waals surface area contributed by atoms with Crippen LogP contribution in [0.5, 0.6) is 0 Å². The minimum Gasteiger partial charge on any atom is -0.469 e. The highest BCUT2D eigenvalue weighted by atomic mass is 16.7. The van der Waals surface area contributed by atoms with Gasteiger partial charge in [-0.05, 0) is 0 Å². The third-order valence-corrected chi connectivity index (χ3v) is 3.84. The van der Waals surface area contributed by atoms with Gasteiger partial charge in [-0.1, -0.05) is 12.2 Å². The van der Waals surface area contributed by atoms with Gasteiger partial charge in [0.25, 0.3) is 0 Å². The molecule has 0 bridgehead atoms. The number of esters is 1. The summed E-state index contributed by atoms with van der Waals surface area (Å²) < 4.78 is 15.2. The average Bonchev–Trinajstić information content (AvgIpc) is 2.80. The number of aliphatic hydroxyl groups excluding tert-OH is 1. The van der Waals surface area contributed by atoms with Crippen molar-refractivity contribution in [3.8, 4) is 0 Å². The number of hydrogen-bond donors (Lipinski definition) is 2. The summed E-state index contributed by atoms with van der Waals surface area (Å²) in [4.78, 5) is 11.6. The van der Waals surface area contributed by atoms with E-state index in [0.717, 1.165) is 0 Å². The van der Waals surface area contributed by atoms with Crippen LogP contribution in [-0.2, 0) is 19.0 Å². The molecule has 2 N–H and O–H groups in total. The lowest BCUT2D eigenvalue weighted by Gasteiger charge is -2.39. The number of allylic oxidation sites excluding steroid dienone is 1. The molecule has 0 aromatic rings. The topological polar surface area (TPSA) is 85.2 Å². The van der Waals surface area contributed by atoms with Crippen LogP contribution < -0.4 is 0 Å². The normalized spacial score (nSPS) is 51.4. The summed E-state index contributed by atoms with van der Waals surface area (Å²) >= 11 is 0. The van der Waals surface area contributed by atoms with Crippen molar-refractivity contribution < 1.29 is 29.2 Å². The Morgan fingerprint density at radius 2 is 2.35 bits per heavy atom. The first kappa shape index (κ1) is 11.2.